The molecule has 2 aromatic rings. The van der Waals surface area contributed by atoms with Crippen LogP contribution in [0.25, 0.3) is 0 Å². The van der Waals surface area contributed by atoms with E-state index in [0.29, 0.717) is 12.5 Å². The summed E-state index contributed by atoms with van der Waals surface area (Å²) < 4.78 is 0. The van der Waals surface area contributed by atoms with Crippen LogP contribution in [-0.4, -0.2) is 25.6 Å². The van der Waals surface area contributed by atoms with Gasteiger partial charge in [0.25, 0.3) is 0 Å². The summed E-state index contributed by atoms with van der Waals surface area (Å²) in [6, 6.07) is 18.8. The van der Waals surface area contributed by atoms with E-state index in [1.807, 2.05) is 30.3 Å². The molecule has 0 aromatic heterocycles. The van der Waals surface area contributed by atoms with Gasteiger partial charge in [-0.25, -0.2) is 0 Å². The van der Waals surface area contributed by atoms with Crippen LogP contribution < -0.4 is 16.0 Å². The van der Waals surface area contributed by atoms with Gasteiger partial charge in [0.05, 0.1) is 6.54 Å². The Labute approximate surface area is 162 Å². The Morgan fingerprint density at radius 1 is 1.12 bits per heavy atom. The lowest BCUT2D eigenvalue weighted by molar-refractivity contribution is 0.696. The predicted molar refractivity (Wildman–Crippen MR) is 116 cm³/mol. The topological polar surface area (TPSA) is 53.6 Å². The standard InChI is InChI=1S/C19H26N4.HI/c1-4-16-10-12-17(13-11-16)22-19(20)21-14-15(2)23(3)18-8-6-5-7-9-18;/h5-13,15H,4,14H2,1-3H3,(H3,20,21,22);1H. The second kappa shape index (κ2) is 10.2. The fourth-order valence-electron chi connectivity index (χ4n) is 2.28. The zero-order valence-electron chi connectivity index (χ0n) is 14.6. The normalized spacial score (nSPS) is 12.2. The summed E-state index contributed by atoms with van der Waals surface area (Å²) in [6.07, 6.45) is 1.03. The number of nitrogens with zero attached hydrogens (tertiary/aromatic N) is 2. The maximum Gasteiger partial charge on any atom is 0.193 e. The quantitative estimate of drug-likeness (QED) is 0.406. The third kappa shape index (κ3) is 6.03. The number of nitrogens with two attached hydrogens (primary N) is 1. The van der Waals surface area contributed by atoms with Crippen LogP contribution in [0.4, 0.5) is 11.4 Å². The highest BCUT2D eigenvalue weighted by Gasteiger charge is 2.09. The van der Waals surface area contributed by atoms with Gasteiger partial charge in [-0.05, 0) is 43.2 Å². The molecule has 0 saturated heterocycles. The maximum absolute atomic E-state index is 5.98. The van der Waals surface area contributed by atoms with E-state index in [1.54, 1.807) is 0 Å². The van der Waals surface area contributed by atoms with E-state index in [4.69, 9.17) is 5.73 Å². The molecule has 0 spiro atoms. The van der Waals surface area contributed by atoms with Crippen LogP contribution in [0.3, 0.4) is 0 Å². The number of anilines is 2. The second-order valence-corrected chi connectivity index (χ2v) is 5.70. The summed E-state index contributed by atoms with van der Waals surface area (Å²) in [5.41, 5.74) is 9.44. The molecule has 1 atom stereocenters. The first-order valence-corrected chi connectivity index (χ1v) is 8.04. The summed E-state index contributed by atoms with van der Waals surface area (Å²) in [6.45, 7) is 4.92. The summed E-state index contributed by atoms with van der Waals surface area (Å²) in [7, 11) is 2.07. The number of rotatable bonds is 6. The first kappa shape index (κ1) is 20.3. The molecule has 0 aliphatic heterocycles. The van der Waals surface area contributed by atoms with Gasteiger partial charge in [-0.15, -0.1) is 24.0 Å². The van der Waals surface area contributed by atoms with Crippen molar-refractivity contribution >= 4 is 41.3 Å². The van der Waals surface area contributed by atoms with E-state index >= 15 is 0 Å². The molecular formula is C19H27IN4. The Morgan fingerprint density at radius 2 is 1.75 bits per heavy atom. The van der Waals surface area contributed by atoms with E-state index in [9.17, 15) is 0 Å². The number of likely N-dealkylation sites (N-methyl/N-ethyl adjacent to an activating group) is 1. The van der Waals surface area contributed by atoms with Gasteiger partial charge in [0.2, 0.25) is 0 Å². The second-order valence-electron chi connectivity index (χ2n) is 5.70. The van der Waals surface area contributed by atoms with Gasteiger partial charge in [-0.2, -0.15) is 0 Å². The van der Waals surface area contributed by atoms with Crippen LogP contribution in [0.2, 0.25) is 0 Å². The van der Waals surface area contributed by atoms with Crippen molar-refractivity contribution in [1.29, 1.82) is 0 Å². The number of hydrogen-bond acceptors (Lipinski definition) is 2. The number of aryl methyl sites for hydroxylation is 1. The van der Waals surface area contributed by atoms with Gasteiger partial charge in [-0.3, -0.25) is 4.99 Å². The largest absolute Gasteiger partial charge is 0.370 e. The first-order valence-electron chi connectivity index (χ1n) is 8.04. The number of guanidine groups is 1. The monoisotopic (exact) mass is 438 g/mol. The molecule has 0 radical (unpaired) electrons. The Kier molecular flexibility index (Phi) is 8.60. The van der Waals surface area contributed by atoms with Crippen LogP contribution in [0.1, 0.15) is 19.4 Å². The van der Waals surface area contributed by atoms with Crippen molar-refractivity contribution in [3.63, 3.8) is 0 Å². The minimum atomic E-state index is 0. The molecule has 1 unspecified atom stereocenters. The van der Waals surface area contributed by atoms with Crippen molar-refractivity contribution in [3.05, 3.63) is 60.2 Å². The molecule has 4 nitrogen and oxygen atoms in total. The molecular weight excluding hydrogens is 411 g/mol. The molecule has 0 aliphatic carbocycles. The van der Waals surface area contributed by atoms with Crippen molar-refractivity contribution in [3.8, 4) is 0 Å². The number of nitrogens with one attached hydrogen (secondary N) is 1. The van der Waals surface area contributed by atoms with Crippen molar-refractivity contribution in [2.45, 2.75) is 26.3 Å². The van der Waals surface area contributed by atoms with Gasteiger partial charge >= 0.3 is 0 Å². The van der Waals surface area contributed by atoms with E-state index < -0.39 is 0 Å². The van der Waals surface area contributed by atoms with E-state index in [1.165, 1.54) is 11.3 Å². The van der Waals surface area contributed by atoms with Gasteiger partial charge in [0.15, 0.2) is 5.96 Å². The Bertz CT molecular complexity index is 626. The van der Waals surface area contributed by atoms with Gasteiger partial charge in [0.1, 0.15) is 0 Å². The molecule has 0 bridgehead atoms. The maximum atomic E-state index is 5.98. The molecule has 0 fully saturated rings. The smallest absolute Gasteiger partial charge is 0.193 e. The van der Waals surface area contributed by atoms with Gasteiger partial charge in [-0.1, -0.05) is 37.3 Å². The summed E-state index contributed by atoms with van der Waals surface area (Å²) in [5, 5.41) is 3.14. The fourth-order valence-corrected chi connectivity index (χ4v) is 2.28. The number of aliphatic imine (C=N–C) groups is 1. The SMILES string of the molecule is CCc1ccc(NC(N)=NCC(C)N(C)c2ccccc2)cc1.I. The minimum absolute atomic E-state index is 0. The van der Waals surface area contributed by atoms with Crippen LogP contribution in [0.15, 0.2) is 59.6 Å². The predicted octanol–water partition coefficient (Wildman–Crippen LogP) is 4.12. The molecule has 0 amide bonds. The van der Waals surface area contributed by atoms with Gasteiger partial charge < -0.3 is 16.0 Å². The Balaban J connectivity index is 0.00000288. The number of hydrogen-bond donors (Lipinski definition) is 2. The molecule has 5 heteroatoms. The highest BCUT2D eigenvalue weighted by molar-refractivity contribution is 14.0. The molecule has 0 heterocycles. The van der Waals surface area contributed by atoms with Crippen molar-refractivity contribution < 1.29 is 0 Å². The number of para-hydroxylation sites is 1. The fraction of sp³-hybridized carbons (Fsp3) is 0.316. The molecule has 0 saturated carbocycles. The highest BCUT2D eigenvalue weighted by atomic mass is 127. The van der Waals surface area contributed by atoms with E-state index in [0.717, 1.165) is 12.1 Å². The molecule has 0 aliphatic rings. The summed E-state index contributed by atoms with van der Waals surface area (Å²) in [4.78, 5) is 6.65. The van der Waals surface area contributed by atoms with Crippen molar-refractivity contribution in [2.75, 3.05) is 23.8 Å². The van der Waals surface area contributed by atoms with Crippen molar-refractivity contribution in [1.82, 2.24) is 0 Å². The Hall–Kier alpha value is -1.76. The first-order chi connectivity index (χ1) is 11.1. The average molecular weight is 438 g/mol. The summed E-state index contributed by atoms with van der Waals surface area (Å²) >= 11 is 0. The minimum Gasteiger partial charge on any atom is -0.370 e. The van der Waals surface area contributed by atoms with E-state index in [2.05, 4.69) is 60.4 Å². The van der Waals surface area contributed by atoms with Gasteiger partial charge in [0, 0.05) is 24.5 Å². The van der Waals surface area contributed by atoms with Crippen LogP contribution in [0.5, 0.6) is 0 Å². The third-order valence-corrected chi connectivity index (χ3v) is 3.99. The molecule has 3 N–H and O–H groups in total. The Morgan fingerprint density at radius 3 is 2.33 bits per heavy atom. The van der Waals surface area contributed by atoms with Crippen LogP contribution >= 0.6 is 24.0 Å². The molecule has 2 rings (SSSR count). The molecule has 24 heavy (non-hydrogen) atoms. The summed E-state index contributed by atoms with van der Waals surface area (Å²) in [5.74, 6) is 0.447. The third-order valence-electron chi connectivity index (χ3n) is 3.99. The average Bonchev–Trinajstić information content (AvgIpc) is 2.60. The lowest BCUT2D eigenvalue weighted by Gasteiger charge is -2.25. The van der Waals surface area contributed by atoms with Crippen LogP contribution in [-0.2, 0) is 6.42 Å². The van der Waals surface area contributed by atoms with E-state index in [-0.39, 0.29) is 30.0 Å². The lowest BCUT2D eigenvalue weighted by atomic mass is 10.1. The number of benzene rings is 2. The lowest BCUT2D eigenvalue weighted by Crippen LogP contribution is -2.33. The molecule has 2 aromatic carbocycles. The number of halogens is 1. The van der Waals surface area contributed by atoms with Crippen molar-refractivity contribution in [2.24, 2.45) is 10.7 Å². The zero-order valence-corrected chi connectivity index (χ0v) is 16.9. The zero-order chi connectivity index (χ0) is 16.7. The molecule has 130 valence electrons. The highest BCUT2D eigenvalue weighted by Crippen LogP contribution is 2.14. The van der Waals surface area contributed by atoms with Crippen LogP contribution in [0, 0.1) is 0 Å².